The molecule has 1 N–H and O–H groups in total. The number of ether oxygens (including phenoxy) is 2. The van der Waals surface area contributed by atoms with Gasteiger partial charge in [-0.3, -0.25) is 0 Å². The van der Waals surface area contributed by atoms with Crippen molar-refractivity contribution in [1.29, 1.82) is 0 Å². The molecule has 1 aliphatic carbocycles. The van der Waals surface area contributed by atoms with Crippen molar-refractivity contribution in [2.45, 2.75) is 31.4 Å². The minimum atomic E-state index is -1.51. The van der Waals surface area contributed by atoms with E-state index in [1.165, 1.54) is 0 Å². The molecule has 128 valence electrons. The van der Waals surface area contributed by atoms with Crippen molar-refractivity contribution < 1.29 is 19.0 Å². The van der Waals surface area contributed by atoms with Crippen LogP contribution in [0.3, 0.4) is 0 Å². The highest BCUT2D eigenvalue weighted by molar-refractivity contribution is 5.14. The molecule has 0 amide bonds. The fourth-order valence-corrected chi connectivity index (χ4v) is 3.04. The molecule has 0 bridgehead atoms. The second-order valence-corrected chi connectivity index (χ2v) is 6.39. The van der Waals surface area contributed by atoms with Crippen LogP contribution < -0.4 is 0 Å². The van der Waals surface area contributed by atoms with E-state index in [0.717, 1.165) is 11.1 Å². The molecule has 4 heteroatoms. The summed E-state index contributed by atoms with van der Waals surface area (Å²) in [6.07, 6.45) is -0.549. The number of halogens is 1. The van der Waals surface area contributed by atoms with E-state index in [-0.39, 0.29) is 19.6 Å². The average molecular weight is 330 g/mol. The SMILES string of the molecule is OC1CC(F)(COCc2ccccc2)C1COCc1ccccc1. The Hall–Kier alpha value is -1.75. The van der Waals surface area contributed by atoms with Crippen molar-refractivity contribution in [1.82, 2.24) is 0 Å². The summed E-state index contributed by atoms with van der Waals surface area (Å²) >= 11 is 0. The van der Waals surface area contributed by atoms with E-state index >= 15 is 0 Å². The first-order valence-electron chi connectivity index (χ1n) is 8.28. The van der Waals surface area contributed by atoms with Crippen LogP contribution in [0.2, 0.25) is 0 Å². The van der Waals surface area contributed by atoms with Gasteiger partial charge in [-0.05, 0) is 11.1 Å². The van der Waals surface area contributed by atoms with E-state index in [1.54, 1.807) is 0 Å². The van der Waals surface area contributed by atoms with E-state index < -0.39 is 17.7 Å². The molecule has 0 heterocycles. The van der Waals surface area contributed by atoms with Crippen LogP contribution in [0.4, 0.5) is 4.39 Å². The van der Waals surface area contributed by atoms with Gasteiger partial charge in [0.2, 0.25) is 0 Å². The molecule has 0 saturated heterocycles. The maximum Gasteiger partial charge on any atom is 0.144 e. The average Bonchev–Trinajstić information content (AvgIpc) is 2.60. The third kappa shape index (κ3) is 4.20. The fraction of sp³-hybridized carbons (Fsp3) is 0.400. The van der Waals surface area contributed by atoms with Gasteiger partial charge < -0.3 is 14.6 Å². The van der Waals surface area contributed by atoms with Crippen LogP contribution in [-0.4, -0.2) is 30.1 Å². The Morgan fingerprint density at radius 3 is 2.00 bits per heavy atom. The van der Waals surface area contributed by atoms with Crippen LogP contribution in [0.15, 0.2) is 60.7 Å². The van der Waals surface area contributed by atoms with Crippen LogP contribution in [0, 0.1) is 5.92 Å². The maximum absolute atomic E-state index is 14.9. The monoisotopic (exact) mass is 330 g/mol. The fourth-order valence-electron chi connectivity index (χ4n) is 3.04. The summed E-state index contributed by atoms with van der Waals surface area (Å²) in [6, 6.07) is 19.4. The molecule has 0 aromatic heterocycles. The summed E-state index contributed by atoms with van der Waals surface area (Å²) in [5.74, 6) is -0.531. The molecule has 0 radical (unpaired) electrons. The molecule has 2 aromatic carbocycles. The quantitative estimate of drug-likeness (QED) is 0.805. The van der Waals surface area contributed by atoms with Crippen LogP contribution in [-0.2, 0) is 22.7 Å². The molecule has 3 nitrogen and oxygen atoms in total. The standard InChI is InChI=1S/C20H23FO3/c21-20(15-24-13-17-9-5-2-6-10-17)11-19(22)18(20)14-23-12-16-7-3-1-4-8-16/h1-10,18-19,22H,11-15H2. The van der Waals surface area contributed by atoms with Crippen molar-refractivity contribution >= 4 is 0 Å². The highest BCUT2D eigenvalue weighted by Gasteiger charge is 2.54. The number of hydrogen-bond acceptors (Lipinski definition) is 3. The molecule has 0 aliphatic heterocycles. The summed E-state index contributed by atoms with van der Waals surface area (Å²) in [5.41, 5.74) is 0.541. The molecule has 24 heavy (non-hydrogen) atoms. The van der Waals surface area contributed by atoms with Gasteiger partial charge in [0.25, 0.3) is 0 Å². The van der Waals surface area contributed by atoms with E-state index in [9.17, 15) is 9.50 Å². The lowest BCUT2D eigenvalue weighted by atomic mass is 9.69. The molecule has 1 saturated carbocycles. The smallest absolute Gasteiger partial charge is 0.144 e. The minimum absolute atomic E-state index is 0.0156. The summed E-state index contributed by atoms with van der Waals surface area (Å²) in [4.78, 5) is 0. The first-order chi connectivity index (χ1) is 11.7. The zero-order chi connectivity index (χ0) is 16.8. The minimum Gasteiger partial charge on any atom is -0.392 e. The number of hydrogen-bond donors (Lipinski definition) is 1. The second kappa shape index (κ2) is 7.88. The summed E-state index contributed by atoms with van der Waals surface area (Å²) in [6.45, 7) is 0.977. The van der Waals surface area contributed by atoms with Gasteiger partial charge in [0, 0.05) is 12.3 Å². The molecular weight excluding hydrogens is 307 g/mol. The molecule has 1 aliphatic rings. The van der Waals surface area contributed by atoms with Crippen LogP contribution >= 0.6 is 0 Å². The molecule has 3 unspecified atom stereocenters. The molecule has 0 spiro atoms. The van der Waals surface area contributed by atoms with E-state index in [0.29, 0.717) is 13.2 Å². The van der Waals surface area contributed by atoms with Crippen molar-refractivity contribution in [3.05, 3.63) is 71.8 Å². The lowest BCUT2D eigenvalue weighted by molar-refractivity contribution is -0.180. The summed E-state index contributed by atoms with van der Waals surface area (Å²) in [7, 11) is 0. The number of alkyl halides is 1. The number of rotatable bonds is 8. The Bertz CT molecular complexity index is 619. The zero-order valence-electron chi connectivity index (χ0n) is 13.6. The molecule has 3 rings (SSSR count). The van der Waals surface area contributed by atoms with Gasteiger partial charge in [0.15, 0.2) is 0 Å². The lowest BCUT2D eigenvalue weighted by Crippen LogP contribution is -2.58. The Balaban J connectivity index is 1.44. The van der Waals surface area contributed by atoms with Crippen LogP contribution in [0.1, 0.15) is 17.5 Å². The topological polar surface area (TPSA) is 38.7 Å². The van der Waals surface area contributed by atoms with Gasteiger partial charge in [-0.2, -0.15) is 0 Å². The van der Waals surface area contributed by atoms with Crippen molar-refractivity contribution in [2.24, 2.45) is 5.92 Å². The lowest BCUT2D eigenvalue weighted by Gasteiger charge is -2.46. The number of aliphatic hydroxyl groups is 1. The van der Waals surface area contributed by atoms with Gasteiger partial charge in [-0.15, -0.1) is 0 Å². The van der Waals surface area contributed by atoms with E-state index in [1.807, 2.05) is 60.7 Å². The molecule has 1 fully saturated rings. The third-order valence-electron chi connectivity index (χ3n) is 4.54. The van der Waals surface area contributed by atoms with Gasteiger partial charge >= 0.3 is 0 Å². The maximum atomic E-state index is 14.9. The Morgan fingerprint density at radius 1 is 0.917 bits per heavy atom. The first-order valence-corrected chi connectivity index (χ1v) is 8.28. The third-order valence-corrected chi connectivity index (χ3v) is 4.54. The Morgan fingerprint density at radius 2 is 1.46 bits per heavy atom. The summed E-state index contributed by atoms with van der Waals surface area (Å²) in [5, 5.41) is 9.88. The molecule has 3 atom stereocenters. The zero-order valence-corrected chi connectivity index (χ0v) is 13.6. The highest BCUT2D eigenvalue weighted by Crippen LogP contribution is 2.43. The van der Waals surface area contributed by atoms with Crippen LogP contribution in [0.5, 0.6) is 0 Å². The van der Waals surface area contributed by atoms with Crippen molar-refractivity contribution in [3.8, 4) is 0 Å². The summed E-state index contributed by atoms with van der Waals surface area (Å²) < 4.78 is 26.0. The first kappa shape index (κ1) is 17.1. The van der Waals surface area contributed by atoms with Gasteiger partial charge in [-0.25, -0.2) is 4.39 Å². The predicted molar refractivity (Wildman–Crippen MR) is 90.1 cm³/mol. The van der Waals surface area contributed by atoms with Gasteiger partial charge in [-0.1, -0.05) is 60.7 Å². The van der Waals surface area contributed by atoms with Crippen LogP contribution in [0.25, 0.3) is 0 Å². The Labute approximate surface area is 142 Å². The van der Waals surface area contributed by atoms with Gasteiger partial charge in [0.1, 0.15) is 5.67 Å². The largest absolute Gasteiger partial charge is 0.392 e. The molecule has 2 aromatic rings. The van der Waals surface area contributed by atoms with E-state index in [2.05, 4.69) is 0 Å². The van der Waals surface area contributed by atoms with E-state index in [4.69, 9.17) is 9.47 Å². The van der Waals surface area contributed by atoms with Crippen molar-refractivity contribution in [2.75, 3.05) is 13.2 Å². The molecular formula is C20H23FO3. The number of benzene rings is 2. The normalized spacial score (nSPS) is 26.1. The number of aliphatic hydroxyl groups excluding tert-OH is 1. The Kier molecular flexibility index (Phi) is 5.61. The van der Waals surface area contributed by atoms with Crippen molar-refractivity contribution in [3.63, 3.8) is 0 Å². The highest BCUT2D eigenvalue weighted by atomic mass is 19.1. The second-order valence-electron chi connectivity index (χ2n) is 6.39. The predicted octanol–water partition coefficient (Wildman–Crippen LogP) is 3.51. The van der Waals surface area contributed by atoms with Gasteiger partial charge in [0.05, 0.1) is 32.5 Å².